The van der Waals surface area contributed by atoms with Gasteiger partial charge in [-0.25, -0.2) is 0 Å². The van der Waals surface area contributed by atoms with Crippen LogP contribution >= 0.6 is 24.0 Å². The molecule has 2 aromatic carbocycles. The van der Waals surface area contributed by atoms with Crippen molar-refractivity contribution in [3.05, 3.63) is 71.8 Å². The van der Waals surface area contributed by atoms with E-state index < -0.39 is 0 Å². The molecule has 1 heterocycles. The number of nitrogens with one attached hydrogen (secondary N) is 2. The third-order valence-electron chi connectivity index (χ3n) is 5.70. The Morgan fingerprint density at radius 3 is 1.93 bits per heavy atom. The summed E-state index contributed by atoms with van der Waals surface area (Å²) in [5.41, 5.74) is 2.64. The molecule has 0 spiro atoms. The van der Waals surface area contributed by atoms with Crippen molar-refractivity contribution >= 4 is 29.9 Å². The molecule has 0 radical (unpaired) electrons. The highest BCUT2D eigenvalue weighted by molar-refractivity contribution is 14.0. The van der Waals surface area contributed by atoms with E-state index in [4.69, 9.17) is 0 Å². The summed E-state index contributed by atoms with van der Waals surface area (Å²) in [6.07, 6.45) is 2.33. The van der Waals surface area contributed by atoms with E-state index in [2.05, 4.69) is 95.0 Å². The second-order valence-corrected chi connectivity index (χ2v) is 7.88. The molecule has 5 heteroatoms. The SMILES string of the molecule is CN=C(NCC(c1ccccc1)c1ccccc1)NC1CCN(C(C)C)CC1.I. The third kappa shape index (κ3) is 7.00. The second kappa shape index (κ2) is 12.2. The first-order valence-electron chi connectivity index (χ1n) is 10.5. The van der Waals surface area contributed by atoms with Gasteiger partial charge in [0.15, 0.2) is 5.96 Å². The fourth-order valence-electron chi connectivity index (χ4n) is 3.95. The Balaban J connectivity index is 0.00000300. The van der Waals surface area contributed by atoms with Crippen LogP contribution in [0.1, 0.15) is 43.7 Å². The zero-order valence-corrected chi connectivity index (χ0v) is 20.2. The van der Waals surface area contributed by atoms with Gasteiger partial charge in [-0.05, 0) is 37.8 Å². The van der Waals surface area contributed by atoms with E-state index in [0.717, 1.165) is 25.6 Å². The average Bonchev–Trinajstić information content (AvgIpc) is 2.75. The fourth-order valence-corrected chi connectivity index (χ4v) is 3.95. The first-order valence-corrected chi connectivity index (χ1v) is 10.5. The largest absolute Gasteiger partial charge is 0.355 e. The van der Waals surface area contributed by atoms with E-state index in [1.807, 2.05) is 7.05 Å². The minimum absolute atomic E-state index is 0. The molecule has 0 bridgehead atoms. The molecule has 1 aliphatic heterocycles. The smallest absolute Gasteiger partial charge is 0.191 e. The first-order chi connectivity index (χ1) is 13.7. The molecule has 3 rings (SSSR count). The zero-order chi connectivity index (χ0) is 19.8. The molecular formula is C24H35IN4. The third-order valence-corrected chi connectivity index (χ3v) is 5.70. The van der Waals surface area contributed by atoms with Crippen molar-refractivity contribution in [2.45, 2.75) is 44.7 Å². The average molecular weight is 506 g/mol. The van der Waals surface area contributed by atoms with Crippen molar-refractivity contribution in [2.75, 3.05) is 26.7 Å². The summed E-state index contributed by atoms with van der Waals surface area (Å²) < 4.78 is 0. The molecule has 4 nitrogen and oxygen atoms in total. The van der Waals surface area contributed by atoms with E-state index in [1.54, 1.807) is 0 Å². The van der Waals surface area contributed by atoms with Gasteiger partial charge in [-0.2, -0.15) is 0 Å². The Morgan fingerprint density at radius 2 is 1.48 bits per heavy atom. The Bertz CT molecular complexity index is 686. The number of hydrogen-bond donors (Lipinski definition) is 2. The van der Waals surface area contributed by atoms with Gasteiger partial charge in [-0.15, -0.1) is 24.0 Å². The van der Waals surface area contributed by atoms with Crippen molar-refractivity contribution < 1.29 is 0 Å². The molecule has 1 fully saturated rings. The van der Waals surface area contributed by atoms with Crippen LogP contribution < -0.4 is 10.6 Å². The van der Waals surface area contributed by atoms with Crippen molar-refractivity contribution in [2.24, 2.45) is 4.99 Å². The minimum Gasteiger partial charge on any atom is -0.355 e. The number of nitrogens with zero attached hydrogens (tertiary/aromatic N) is 2. The first kappa shape index (κ1) is 23.7. The van der Waals surface area contributed by atoms with E-state index in [-0.39, 0.29) is 24.0 Å². The van der Waals surface area contributed by atoms with Crippen molar-refractivity contribution in [3.63, 3.8) is 0 Å². The van der Waals surface area contributed by atoms with E-state index in [9.17, 15) is 0 Å². The van der Waals surface area contributed by atoms with E-state index >= 15 is 0 Å². The van der Waals surface area contributed by atoms with Gasteiger partial charge in [-0.1, -0.05) is 60.7 Å². The van der Waals surface area contributed by atoms with Crippen LogP contribution in [0.4, 0.5) is 0 Å². The maximum Gasteiger partial charge on any atom is 0.191 e. The van der Waals surface area contributed by atoms with E-state index in [1.165, 1.54) is 24.0 Å². The number of aliphatic imine (C=N–C) groups is 1. The van der Waals surface area contributed by atoms with Gasteiger partial charge < -0.3 is 15.5 Å². The van der Waals surface area contributed by atoms with Gasteiger partial charge in [0.2, 0.25) is 0 Å². The van der Waals surface area contributed by atoms with Crippen LogP contribution in [0, 0.1) is 0 Å². The Hall–Kier alpha value is -1.60. The normalized spacial score (nSPS) is 16.0. The lowest BCUT2D eigenvalue weighted by Gasteiger charge is -2.35. The number of benzene rings is 2. The van der Waals surface area contributed by atoms with Crippen molar-refractivity contribution in [1.29, 1.82) is 0 Å². The standard InChI is InChI=1S/C24H34N4.HI/c1-19(2)28-16-14-22(15-17-28)27-24(25-3)26-18-23(20-10-6-4-7-11-20)21-12-8-5-9-13-21;/h4-13,19,22-23H,14-18H2,1-3H3,(H2,25,26,27);1H. The van der Waals surface area contributed by atoms with Crippen LogP contribution in [-0.2, 0) is 0 Å². The quantitative estimate of drug-likeness (QED) is 0.345. The number of piperidine rings is 1. The van der Waals surface area contributed by atoms with Gasteiger partial charge in [0.05, 0.1) is 0 Å². The molecular weight excluding hydrogens is 471 g/mol. The predicted octanol–water partition coefficient (Wildman–Crippen LogP) is 4.47. The molecule has 2 aromatic rings. The number of likely N-dealkylation sites (tertiary alicyclic amines) is 1. The molecule has 0 aromatic heterocycles. The van der Waals surface area contributed by atoms with Crippen LogP contribution in [-0.4, -0.2) is 49.6 Å². The summed E-state index contributed by atoms with van der Waals surface area (Å²) >= 11 is 0. The summed E-state index contributed by atoms with van der Waals surface area (Å²) in [7, 11) is 1.86. The molecule has 2 N–H and O–H groups in total. The number of guanidine groups is 1. The summed E-state index contributed by atoms with van der Waals surface area (Å²) in [6.45, 7) is 7.69. The molecule has 1 aliphatic rings. The summed E-state index contributed by atoms with van der Waals surface area (Å²) in [5.74, 6) is 1.20. The van der Waals surface area contributed by atoms with Crippen LogP contribution in [0.25, 0.3) is 0 Å². The van der Waals surface area contributed by atoms with Gasteiger partial charge in [0, 0.05) is 44.7 Å². The number of hydrogen-bond acceptors (Lipinski definition) is 2. The highest BCUT2D eigenvalue weighted by Crippen LogP contribution is 2.23. The van der Waals surface area contributed by atoms with Gasteiger partial charge in [0.1, 0.15) is 0 Å². The number of halogens is 1. The lowest BCUT2D eigenvalue weighted by Crippen LogP contribution is -2.50. The lowest BCUT2D eigenvalue weighted by molar-refractivity contribution is 0.167. The molecule has 1 saturated heterocycles. The Kier molecular flexibility index (Phi) is 9.94. The minimum atomic E-state index is 0. The lowest BCUT2D eigenvalue weighted by atomic mass is 9.91. The zero-order valence-electron chi connectivity index (χ0n) is 17.8. The molecule has 0 aliphatic carbocycles. The van der Waals surface area contributed by atoms with Gasteiger partial charge in [0.25, 0.3) is 0 Å². The van der Waals surface area contributed by atoms with Crippen molar-refractivity contribution in [3.8, 4) is 0 Å². The topological polar surface area (TPSA) is 39.7 Å². The Morgan fingerprint density at radius 1 is 0.966 bits per heavy atom. The monoisotopic (exact) mass is 506 g/mol. The predicted molar refractivity (Wildman–Crippen MR) is 134 cm³/mol. The summed E-state index contributed by atoms with van der Waals surface area (Å²) in [5, 5.41) is 7.21. The fraction of sp³-hybridized carbons (Fsp3) is 0.458. The van der Waals surface area contributed by atoms with Crippen molar-refractivity contribution in [1.82, 2.24) is 15.5 Å². The van der Waals surface area contributed by atoms with Crippen LogP contribution in [0.5, 0.6) is 0 Å². The van der Waals surface area contributed by atoms with Crippen LogP contribution in [0.3, 0.4) is 0 Å². The molecule has 0 atom stereocenters. The van der Waals surface area contributed by atoms with Crippen LogP contribution in [0.15, 0.2) is 65.7 Å². The second-order valence-electron chi connectivity index (χ2n) is 7.88. The maximum absolute atomic E-state index is 4.48. The van der Waals surface area contributed by atoms with Gasteiger partial charge >= 0.3 is 0 Å². The number of rotatable bonds is 6. The Labute approximate surface area is 193 Å². The highest BCUT2D eigenvalue weighted by atomic mass is 127. The molecule has 0 unspecified atom stereocenters. The summed E-state index contributed by atoms with van der Waals surface area (Å²) in [6, 6.07) is 22.5. The molecule has 29 heavy (non-hydrogen) atoms. The van der Waals surface area contributed by atoms with Gasteiger partial charge in [-0.3, -0.25) is 4.99 Å². The molecule has 0 saturated carbocycles. The van der Waals surface area contributed by atoms with Crippen LogP contribution in [0.2, 0.25) is 0 Å². The maximum atomic E-state index is 4.48. The molecule has 0 amide bonds. The molecule has 158 valence electrons. The van der Waals surface area contributed by atoms with E-state index in [0.29, 0.717) is 18.0 Å². The highest BCUT2D eigenvalue weighted by Gasteiger charge is 2.22. The summed E-state index contributed by atoms with van der Waals surface area (Å²) in [4.78, 5) is 7.03.